The molecule has 0 radical (unpaired) electrons. The van der Waals surface area contributed by atoms with Crippen LogP contribution in [0, 0.1) is 11.3 Å². The molecular weight excluding hydrogens is 432 g/mol. The summed E-state index contributed by atoms with van der Waals surface area (Å²) in [7, 11) is 0. The van der Waals surface area contributed by atoms with E-state index in [4.69, 9.17) is 0 Å². The fourth-order valence-electron chi connectivity index (χ4n) is 5.40. The monoisotopic (exact) mass is 486 g/mol. The maximum atomic E-state index is 9.43. The largest absolute Gasteiger partial charge is 0.396 e. The van der Waals surface area contributed by atoms with Crippen molar-refractivity contribution in [3.8, 4) is 0 Å². The van der Waals surface area contributed by atoms with Gasteiger partial charge < -0.3 is 10.2 Å². The van der Waals surface area contributed by atoms with E-state index in [1.807, 2.05) is 0 Å². The number of hydrogen-bond donors (Lipinski definition) is 2. The van der Waals surface area contributed by atoms with E-state index in [9.17, 15) is 10.2 Å². The zero-order valence-corrected chi connectivity index (χ0v) is 23.2. The van der Waals surface area contributed by atoms with Crippen molar-refractivity contribution in [3.63, 3.8) is 0 Å². The average molecular weight is 487 g/mol. The zero-order valence-electron chi connectivity index (χ0n) is 21.5. The predicted octanol–water partition coefficient (Wildman–Crippen LogP) is 8.23. The molecule has 2 aliphatic heterocycles. The highest BCUT2D eigenvalue weighted by Gasteiger charge is 2.25. The molecule has 0 amide bonds. The molecule has 2 nitrogen and oxygen atoms in total. The lowest BCUT2D eigenvalue weighted by molar-refractivity contribution is 0.147. The standard InChI is InChI=1S/C28H54O2S2/c1-23(21-29)11-4-5-12-24-14-8-16-26(31-24)18-10-19-27-17-9-15-25(32-27)13-6-7-20-28(2,3)22-30/h23-27,29-30H,4-22H2,1-3H3. The van der Waals surface area contributed by atoms with Gasteiger partial charge in [0.15, 0.2) is 0 Å². The Kier molecular flexibility index (Phi) is 14.7. The van der Waals surface area contributed by atoms with E-state index in [1.165, 1.54) is 103 Å². The summed E-state index contributed by atoms with van der Waals surface area (Å²) in [5.74, 6) is 0.484. The fourth-order valence-corrected chi connectivity index (χ4v) is 8.91. The summed E-state index contributed by atoms with van der Waals surface area (Å²) in [5.41, 5.74) is 0.108. The first-order chi connectivity index (χ1) is 15.4. The van der Waals surface area contributed by atoms with Crippen molar-refractivity contribution in [1.82, 2.24) is 0 Å². The first kappa shape index (κ1) is 28.9. The molecule has 2 saturated heterocycles. The van der Waals surface area contributed by atoms with Crippen LogP contribution in [-0.2, 0) is 0 Å². The van der Waals surface area contributed by atoms with Gasteiger partial charge in [-0.2, -0.15) is 23.5 Å². The summed E-state index contributed by atoms with van der Waals surface area (Å²) >= 11 is 4.65. The molecular formula is C28H54O2S2. The molecule has 2 aliphatic rings. The Hall–Kier alpha value is 0.620. The Morgan fingerprint density at radius 3 is 1.66 bits per heavy atom. The number of thioether (sulfide) groups is 2. The molecule has 5 unspecified atom stereocenters. The second-order valence-electron chi connectivity index (χ2n) is 11.7. The average Bonchev–Trinajstić information content (AvgIpc) is 2.80. The zero-order chi connectivity index (χ0) is 23.2. The number of aliphatic hydroxyl groups excluding tert-OH is 2. The highest BCUT2D eigenvalue weighted by Crippen LogP contribution is 2.40. The maximum absolute atomic E-state index is 9.43. The van der Waals surface area contributed by atoms with Gasteiger partial charge in [0, 0.05) is 34.2 Å². The Labute approximate surface area is 208 Å². The molecule has 4 heteroatoms. The van der Waals surface area contributed by atoms with Crippen molar-refractivity contribution in [2.24, 2.45) is 11.3 Å². The molecule has 5 atom stereocenters. The topological polar surface area (TPSA) is 40.5 Å². The molecule has 0 aromatic rings. The number of aliphatic hydroxyl groups is 2. The molecule has 0 spiro atoms. The van der Waals surface area contributed by atoms with Crippen LogP contribution in [0.3, 0.4) is 0 Å². The third-order valence-electron chi connectivity index (χ3n) is 7.77. The highest BCUT2D eigenvalue weighted by atomic mass is 32.2. The summed E-state index contributed by atoms with van der Waals surface area (Å²) in [5, 5.41) is 22.2. The molecule has 2 rings (SSSR count). The van der Waals surface area contributed by atoms with Gasteiger partial charge in [-0.25, -0.2) is 0 Å². The van der Waals surface area contributed by atoms with Crippen molar-refractivity contribution in [2.45, 2.75) is 151 Å². The second kappa shape index (κ2) is 16.3. The Balaban J connectivity index is 1.54. The van der Waals surface area contributed by atoms with Crippen molar-refractivity contribution in [1.29, 1.82) is 0 Å². The van der Waals surface area contributed by atoms with Crippen LogP contribution in [0.5, 0.6) is 0 Å². The summed E-state index contributed by atoms with van der Waals surface area (Å²) in [4.78, 5) is 0. The van der Waals surface area contributed by atoms with Gasteiger partial charge in [0.05, 0.1) is 0 Å². The van der Waals surface area contributed by atoms with Gasteiger partial charge in [0.1, 0.15) is 0 Å². The van der Waals surface area contributed by atoms with Crippen molar-refractivity contribution in [2.75, 3.05) is 13.2 Å². The van der Waals surface area contributed by atoms with Gasteiger partial charge in [-0.05, 0) is 75.5 Å². The Bertz CT molecular complexity index is 470. The van der Waals surface area contributed by atoms with Crippen LogP contribution in [0.2, 0.25) is 0 Å². The third-order valence-corrected chi connectivity index (χ3v) is 11.2. The molecule has 0 aromatic heterocycles. The molecule has 2 N–H and O–H groups in total. The number of hydrogen-bond acceptors (Lipinski definition) is 4. The second-order valence-corrected chi connectivity index (χ2v) is 14.9. The first-order valence-electron chi connectivity index (χ1n) is 13.9. The van der Waals surface area contributed by atoms with E-state index in [-0.39, 0.29) is 5.41 Å². The Morgan fingerprint density at radius 2 is 1.19 bits per heavy atom. The lowest BCUT2D eigenvalue weighted by atomic mass is 9.88. The van der Waals surface area contributed by atoms with Crippen LogP contribution >= 0.6 is 23.5 Å². The molecule has 0 bridgehead atoms. The maximum Gasteiger partial charge on any atom is 0.0482 e. The van der Waals surface area contributed by atoms with E-state index in [0.29, 0.717) is 19.1 Å². The van der Waals surface area contributed by atoms with E-state index in [0.717, 1.165) is 27.4 Å². The molecule has 0 aliphatic carbocycles. The van der Waals surface area contributed by atoms with Gasteiger partial charge in [-0.3, -0.25) is 0 Å². The third kappa shape index (κ3) is 12.4. The number of unbranched alkanes of at least 4 members (excludes halogenated alkanes) is 2. The highest BCUT2D eigenvalue weighted by molar-refractivity contribution is 8.00. The molecule has 0 aromatic carbocycles. The van der Waals surface area contributed by atoms with Crippen molar-refractivity contribution < 1.29 is 10.2 Å². The molecule has 2 heterocycles. The van der Waals surface area contributed by atoms with E-state index >= 15 is 0 Å². The van der Waals surface area contributed by atoms with E-state index < -0.39 is 0 Å². The van der Waals surface area contributed by atoms with Crippen LogP contribution in [0.1, 0.15) is 130 Å². The summed E-state index contributed by atoms with van der Waals surface area (Å²) in [6.45, 7) is 7.20. The lowest BCUT2D eigenvalue weighted by Crippen LogP contribution is -2.20. The molecule has 190 valence electrons. The normalized spacial score (nSPS) is 28.0. The lowest BCUT2D eigenvalue weighted by Gasteiger charge is -2.31. The van der Waals surface area contributed by atoms with Gasteiger partial charge in [0.2, 0.25) is 0 Å². The summed E-state index contributed by atoms with van der Waals surface area (Å²) in [6.07, 6.45) is 23.4. The molecule has 32 heavy (non-hydrogen) atoms. The molecule has 0 saturated carbocycles. The predicted molar refractivity (Wildman–Crippen MR) is 146 cm³/mol. The van der Waals surface area contributed by atoms with E-state index in [2.05, 4.69) is 44.3 Å². The van der Waals surface area contributed by atoms with Gasteiger partial charge in [0.25, 0.3) is 0 Å². The smallest absolute Gasteiger partial charge is 0.0482 e. The minimum absolute atomic E-state index is 0.108. The quantitative estimate of drug-likeness (QED) is 0.216. The van der Waals surface area contributed by atoms with Crippen LogP contribution in [0.25, 0.3) is 0 Å². The van der Waals surface area contributed by atoms with Gasteiger partial charge >= 0.3 is 0 Å². The Morgan fingerprint density at radius 1 is 0.719 bits per heavy atom. The summed E-state index contributed by atoms with van der Waals surface area (Å²) < 4.78 is 0. The minimum Gasteiger partial charge on any atom is -0.396 e. The van der Waals surface area contributed by atoms with E-state index in [1.54, 1.807) is 0 Å². The fraction of sp³-hybridized carbons (Fsp3) is 1.00. The van der Waals surface area contributed by atoms with Crippen LogP contribution in [0.4, 0.5) is 0 Å². The SMILES string of the molecule is CC(CO)CCCCC1CCCC(CCCC2CCCC(CCCCC(C)(C)CO)S2)S1. The first-order valence-corrected chi connectivity index (χ1v) is 15.8. The van der Waals surface area contributed by atoms with Crippen molar-refractivity contribution in [3.05, 3.63) is 0 Å². The van der Waals surface area contributed by atoms with Crippen LogP contribution < -0.4 is 0 Å². The molecule has 2 fully saturated rings. The van der Waals surface area contributed by atoms with Crippen LogP contribution in [-0.4, -0.2) is 44.4 Å². The van der Waals surface area contributed by atoms with Gasteiger partial charge in [-0.15, -0.1) is 0 Å². The van der Waals surface area contributed by atoms with Gasteiger partial charge in [-0.1, -0.05) is 65.7 Å². The summed E-state index contributed by atoms with van der Waals surface area (Å²) in [6, 6.07) is 0. The van der Waals surface area contributed by atoms with Crippen molar-refractivity contribution >= 4 is 23.5 Å². The number of rotatable bonds is 16. The minimum atomic E-state index is 0.108. The van der Waals surface area contributed by atoms with Crippen LogP contribution in [0.15, 0.2) is 0 Å².